The van der Waals surface area contributed by atoms with Crippen LogP contribution in [0.5, 0.6) is 0 Å². The third-order valence-electron chi connectivity index (χ3n) is 1.55. The minimum Gasteiger partial charge on any atom is -0.427 e. The molecule has 0 atom stereocenters. The summed E-state index contributed by atoms with van der Waals surface area (Å²) < 4.78 is 5.14. The van der Waals surface area contributed by atoms with Gasteiger partial charge >= 0.3 is 0 Å². The van der Waals surface area contributed by atoms with Crippen molar-refractivity contribution in [1.29, 1.82) is 0 Å². The summed E-state index contributed by atoms with van der Waals surface area (Å²) in [6, 6.07) is 0. The van der Waals surface area contributed by atoms with Crippen molar-refractivity contribution in [2.24, 2.45) is 11.5 Å². The molecule has 0 aromatic rings. The van der Waals surface area contributed by atoms with Crippen LogP contribution in [0.15, 0.2) is 0 Å². The summed E-state index contributed by atoms with van der Waals surface area (Å²) in [6.45, 7) is 1.53. The average molecular weight is 162 g/mol. The fraction of sp³-hybridized carbons (Fsp3) is 1.00. The van der Waals surface area contributed by atoms with E-state index in [9.17, 15) is 0 Å². The van der Waals surface area contributed by atoms with Gasteiger partial charge in [0.1, 0.15) is 0 Å². The molecule has 0 spiro atoms. The Kier molecular flexibility index (Phi) is 7.28. The first kappa shape index (κ1) is 10.1. The van der Waals surface area contributed by atoms with Gasteiger partial charge in [0.05, 0.1) is 0 Å². The lowest BCUT2D eigenvalue weighted by molar-refractivity contribution is 0.423. The van der Waals surface area contributed by atoms with Gasteiger partial charge in [-0.3, -0.25) is 0 Å². The summed E-state index contributed by atoms with van der Waals surface area (Å²) in [6.07, 6.45) is 2.16. The lowest BCUT2D eigenvalue weighted by Crippen LogP contribution is -2.15. The molecule has 0 radical (unpaired) electrons. The van der Waals surface area contributed by atoms with Crippen LogP contribution in [0.3, 0.4) is 0 Å². The molecule has 4 heteroatoms. The summed E-state index contributed by atoms with van der Waals surface area (Å²) in [5, 5.41) is 0. The fourth-order valence-electron chi connectivity index (χ4n) is 1.02. The van der Waals surface area contributed by atoms with Crippen molar-refractivity contribution in [3.63, 3.8) is 0 Å². The normalized spacial score (nSPS) is 12.0. The van der Waals surface area contributed by atoms with E-state index in [1.807, 2.05) is 0 Å². The maximum absolute atomic E-state index is 5.42. The van der Waals surface area contributed by atoms with Gasteiger partial charge in [-0.2, -0.15) is 0 Å². The van der Waals surface area contributed by atoms with Crippen LogP contribution in [-0.2, 0) is 4.43 Å². The van der Waals surface area contributed by atoms with Crippen molar-refractivity contribution in [2.45, 2.75) is 18.4 Å². The van der Waals surface area contributed by atoms with E-state index in [0.717, 1.165) is 25.9 Å². The highest BCUT2D eigenvalue weighted by atomic mass is 28.2. The number of hydrogen-bond donors (Lipinski definition) is 2. The van der Waals surface area contributed by atoms with Crippen LogP contribution in [0.25, 0.3) is 0 Å². The van der Waals surface area contributed by atoms with Crippen LogP contribution in [0.2, 0.25) is 5.54 Å². The van der Waals surface area contributed by atoms with Crippen molar-refractivity contribution >= 4 is 9.76 Å². The molecule has 0 amide bonds. The topological polar surface area (TPSA) is 61.3 Å². The molecule has 0 aliphatic carbocycles. The Morgan fingerprint density at radius 3 is 2.10 bits per heavy atom. The van der Waals surface area contributed by atoms with Crippen LogP contribution in [0, 0.1) is 0 Å². The largest absolute Gasteiger partial charge is 0.427 e. The fourth-order valence-corrected chi connectivity index (χ4v) is 2.29. The molecule has 0 unspecified atom stereocenters. The Balaban J connectivity index is 3.30. The Morgan fingerprint density at radius 1 is 1.30 bits per heavy atom. The first-order valence-electron chi connectivity index (χ1n) is 3.74. The monoisotopic (exact) mass is 162 g/mol. The van der Waals surface area contributed by atoms with Crippen LogP contribution >= 0.6 is 0 Å². The van der Waals surface area contributed by atoms with E-state index in [4.69, 9.17) is 15.9 Å². The van der Waals surface area contributed by atoms with E-state index in [1.165, 1.54) is 0 Å². The van der Waals surface area contributed by atoms with Crippen molar-refractivity contribution in [3.8, 4) is 0 Å². The lowest BCUT2D eigenvalue weighted by atomic mass is 10.2. The van der Waals surface area contributed by atoms with Gasteiger partial charge in [-0.15, -0.1) is 0 Å². The Hall–Kier alpha value is 0.0969. The minimum absolute atomic E-state index is 0.346. The molecule has 0 aliphatic rings. The molecule has 3 nitrogen and oxygen atoms in total. The Labute approximate surface area is 65.1 Å². The summed E-state index contributed by atoms with van der Waals surface area (Å²) in [5.74, 6) is 0. The molecule has 0 aromatic heterocycles. The molecule has 0 saturated heterocycles. The Bertz CT molecular complexity index is 58.5. The van der Waals surface area contributed by atoms with Crippen LogP contribution in [-0.4, -0.2) is 30.0 Å². The van der Waals surface area contributed by atoms with Crippen molar-refractivity contribution in [2.75, 3.05) is 20.2 Å². The number of rotatable bonds is 6. The summed E-state index contributed by atoms with van der Waals surface area (Å²) in [5.41, 5.74) is 11.5. The molecular formula is C6H18N2OSi. The molecule has 10 heavy (non-hydrogen) atoms. The van der Waals surface area contributed by atoms with Crippen molar-refractivity contribution < 1.29 is 4.43 Å². The van der Waals surface area contributed by atoms with Crippen LogP contribution in [0.4, 0.5) is 0 Å². The summed E-state index contributed by atoms with van der Waals surface area (Å²) >= 11 is 0. The van der Waals surface area contributed by atoms with Crippen LogP contribution in [0.1, 0.15) is 12.8 Å². The van der Waals surface area contributed by atoms with Gasteiger partial charge < -0.3 is 15.9 Å². The van der Waals surface area contributed by atoms with E-state index < -0.39 is 0 Å². The second-order valence-corrected chi connectivity index (χ2v) is 4.54. The zero-order chi connectivity index (χ0) is 7.82. The summed E-state index contributed by atoms with van der Waals surface area (Å²) in [4.78, 5) is 0. The number of hydrogen-bond acceptors (Lipinski definition) is 3. The molecule has 0 saturated carbocycles. The molecular weight excluding hydrogens is 144 g/mol. The van der Waals surface area contributed by atoms with Gasteiger partial charge in [-0.25, -0.2) is 0 Å². The van der Waals surface area contributed by atoms with Gasteiger partial charge in [-0.05, 0) is 31.5 Å². The van der Waals surface area contributed by atoms with Gasteiger partial charge in [0.15, 0.2) is 9.76 Å². The zero-order valence-corrected chi connectivity index (χ0v) is 8.09. The smallest absolute Gasteiger partial charge is 0.164 e. The van der Waals surface area contributed by atoms with E-state index in [1.54, 1.807) is 7.11 Å². The maximum atomic E-state index is 5.42. The molecule has 0 bridgehead atoms. The molecule has 0 aromatic carbocycles. The van der Waals surface area contributed by atoms with E-state index in [2.05, 4.69) is 0 Å². The van der Waals surface area contributed by atoms with E-state index >= 15 is 0 Å². The van der Waals surface area contributed by atoms with Gasteiger partial charge in [0.25, 0.3) is 0 Å². The maximum Gasteiger partial charge on any atom is 0.164 e. The molecule has 4 N–H and O–H groups in total. The van der Waals surface area contributed by atoms with Crippen molar-refractivity contribution in [1.82, 2.24) is 0 Å². The molecule has 62 valence electrons. The average Bonchev–Trinajstić information content (AvgIpc) is 1.90. The first-order valence-corrected chi connectivity index (χ1v) is 5.13. The lowest BCUT2D eigenvalue weighted by Gasteiger charge is -2.11. The molecule has 0 fully saturated rings. The predicted molar refractivity (Wildman–Crippen MR) is 46.6 cm³/mol. The summed E-state index contributed by atoms with van der Waals surface area (Å²) in [7, 11) is 1.42. The van der Waals surface area contributed by atoms with Crippen molar-refractivity contribution in [3.05, 3.63) is 0 Å². The standard InChI is InChI=1S/C6H18N2OSi/c1-9-10-6(2-4-7)3-5-8/h6H,2-5,7-8,10H2,1H3. The molecule has 0 rings (SSSR count). The second kappa shape index (κ2) is 7.21. The first-order chi connectivity index (χ1) is 4.85. The third kappa shape index (κ3) is 4.93. The highest BCUT2D eigenvalue weighted by Crippen LogP contribution is 2.11. The zero-order valence-electron chi connectivity index (χ0n) is 6.68. The minimum atomic E-state index is -0.346. The third-order valence-corrected chi connectivity index (χ3v) is 3.17. The highest BCUT2D eigenvalue weighted by Gasteiger charge is 2.06. The van der Waals surface area contributed by atoms with E-state index in [0.29, 0.717) is 5.54 Å². The van der Waals surface area contributed by atoms with Crippen LogP contribution < -0.4 is 11.5 Å². The van der Waals surface area contributed by atoms with Gasteiger partial charge in [0.2, 0.25) is 0 Å². The SMILES string of the molecule is CO[SiH2]C(CCN)CCN. The van der Waals surface area contributed by atoms with E-state index in [-0.39, 0.29) is 9.76 Å². The molecule has 0 heterocycles. The Morgan fingerprint density at radius 2 is 1.80 bits per heavy atom. The quantitative estimate of drug-likeness (QED) is 0.503. The second-order valence-electron chi connectivity index (χ2n) is 2.48. The molecule has 0 aliphatic heterocycles. The van der Waals surface area contributed by atoms with Gasteiger partial charge in [0, 0.05) is 7.11 Å². The number of nitrogens with two attached hydrogens (primary N) is 2. The predicted octanol–water partition coefficient (Wildman–Crippen LogP) is -0.797. The highest BCUT2D eigenvalue weighted by molar-refractivity contribution is 6.29. The van der Waals surface area contributed by atoms with Gasteiger partial charge in [-0.1, -0.05) is 0 Å².